The summed E-state index contributed by atoms with van der Waals surface area (Å²) < 4.78 is 11.4. The number of nitrogens with zero attached hydrogens (tertiary/aromatic N) is 8. The first-order valence-electron chi connectivity index (χ1n) is 9.30. The van der Waals surface area contributed by atoms with Gasteiger partial charge in [-0.2, -0.15) is 10.2 Å². The summed E-state index contributed by atoms with van der Waals surface area (Å²) in [6.45, 7) is 4.36. The van der Waals surface area contributed by atoms with E-state index in [9.17, 15) is 0 Å². The third-order valence-electron chi connectivity index (χ3n) is 5.20. The van der Waals surface area contributed by atoms with Crippen molar-refractivity contribution in [1.82, 2.24) is 33.9 Å². The zero-order valence-corrected chi connectivity index (χ0v) is 19.2. The van der Waals surface area contributed by atoms with Crippen LogP contribution >= 0.6 is 28.4 Å². The van der Waals surface area contributed by atoms with Crippen molar-refractivity contribution < 1.29 is 4.74 Å². The fraction of sp³-hybridized carbons (Fsp3) is 0.333. The van der Waals surface area contributed by atoms with Crippen LogP contribution in [0.2, 0.25) is 0 Å². The fourth-order valence-corrected chi connectivity index (χ4v) is 5.27. The average molecular weight is 522 g/mol. The minimum atomic E-state index is 0.251. The van der Waals surface area contributed by atoms with Crippen LogP contribution in [0.15, 0.2) is 36.8 Å². The van der Waals surface area contributed by atoms with Crippen LogP contribution in [-0.4, -0.2) is 59.7 Å². The van der Waals surface area contributed by atoms with Gasteiger partial charge in [-0.1, -0.05) is 0 Å². The summed E-state index contributed by atoms with van der Waals surface area (Å²) in [7, 11) is 1.94. The van der Waals surface area contributed by atoms with E-state index in [1.165, 1.54) is 0 Å². The van der Waals surface area contributed by atoms with E-state index in [-0.39, 0.29) is 6.04 Å². The van der Waals surface area contributed by atoms with Crippen LogP contribution < -0.4 is 4.90 Å². The Morgan fingerprint density at radius 3 is 2.76 bits per heavy atom. The van der Waals surface area contributed by atoms with Gasteiger partial charge in [-0.05, 0) is 47.2 Å². The summed E-state index contributed by atoms with van der Waals surface area (Å²) >= 11 is 2.33. The van der Waals surface area contributed by atoms with Crippen molar-refractivity contribution in [3.05, 3.63) is 36.8 Å². The van der Waals surface area contributed by atoms with E-state index in [4.69, 9.17) is 14.8 Å². The molecule has 1 saturated heterocycles. The summed E-state index contributed by atoms with van der Waals surface area (Å²) in [5, 5.41) is 13.8. The van der Waals surface area contributed by atoms with E-state index in [1.807, 2.05) is 45.2 Å². The number of halogens is 1. The molecule has 9 nitrogen and oxygen atoms in total. The molecule has 5 rings (SSSR count). The van der Waals surface area contributed by atoms with E-state index in [0.29, 0.717) is 19.6 Å². The number of rotatable bonds is 4. The molecule has 1 aliphatic heterocycles. The molecular weight excluding hydrogens is 502 g/mol. The van der Waals surface area contributed by atoms with Crippen LogP contribution in [-0.2, 0) is 11.8 Å². The molecule has 5 heterocycles. The van der Waals surface area contributed by atoms with Gasteiger partial charge in [-0.25, -0.2) is 14.0 Å². The Morgan fingerprint density at radius 2 is 2.00 bits per heavy atom. The molecule has 150 valence electrons. The molecule has 1 fully saturated rings. The molecule has 0 bridgehead atoms. The minimum absolute atomic E-state index is 0.251. The fourth-order valence-electron chi connectivity index (χ4n) is 3.73. The molecule has 4 aromatic rings. The van der Waals surface area contributed by atoms with Crippen LogP contribution in [0.5, 0.6) is 0 Å². The Bertz CT molecular complexity index is 1170. The molecule has 29 heavy (non-hydrogen) atoms. The molecule has 11 heteroatoms. The highest BCUT2D eigenvalue weighted by atomic mass is 127. The van der Waals surface area contributed by atoms with Gasteiger partial charge in [0.05, 0.1) is 43.2 Å². The van der Waals surface area contributed by atoms with Crippen molar-refractivity contribution in [3.8, 4) is 22.6 Å². The second-order valence-electron chi connectivity index (χ2n) is 6.97. The first kappa shape index (κ1) is 19.0. The summed E-state index contributed by atoms with van der Waals surface area (Å²) in [6.07, 6.45) is 5.99. The van der Waals surface area contributed by atoms with Gasteiger partial charge in [-0.15, -0.1) is 5.10 Å². The molecule has 2 atom stereocenters. The van der Waals surface area contributed by atoms with E-state index in [1.54, 1.807) is 6.20 Å². The molecule has 0 spiro atoms. The highest BCUT2D eigenvalue weighted by molar-refractivity contribution is 14.2. The third-order valence-corrected chi connectivity index (χ3v) is 7.09. The number of hydrogen-bond acceptors (Lipinski definition) is 6. The molecule has 4 aromatic heterocycles. The number of ether oxygens (including phenoxy) is 1. The maximum Gasteiger partial charge on any atom is 0.163 e. The second kappa shape index (κ2) is 7.66. The molecule has 1 unspecified atom stereocenters. The monoisotopic (exact) mass is 522 g/mol. The summed E-state index contributed by atoms with van der Waals surface area (Å²) in [5.41, 5.74) is 4.73. The smallest absolute Gasteiger partial charge is 0.163 e. The van der Waals surface area contributed by atoms with Crippen molar-refractivity contribution in [2.24, 2.45) is 7.05 Å². The number of aromatic nitrogens is 7. The lowest BCUT2D eigenvalue weighted by molar-refractivity contribution is 0.0984. The van der Waals surface area contributed by atoms with Crippen LogP contribution in [0, 0.1) is 0 Å². The highest BCUT2D eigenvalue weighted by Gasteiger charge is 2.24. The van der Waals surface area contributed by atoms with Gasteiger partial charge in [0.25, 0.3) is 0 Å². The molecule has 0 radical (unpaired) electrons. The van der Waals surface area contributed by atoms with Gasteiger partial charge < -0.3 is 9.64 Å². The lowest BCUT2D eigenvalue weighted by Gasteiger charge is -2.34. The number of anilines is 1. The van der Waals surface area contributed by atoms with Gasteiger partial charge in [-0.3, -0.25) is 4.68 Å². The number of imidazole rings is 1. The van der Waals surface area contributed by atoms with E-state index in [2.05, 4.69) is 50.1 Å². The van der Waals surface area contributed by atoms with Crippen LogP contribution in [0.1, 0.15) is 6.92 Å². The Morgan fingerprint density at radius 1 is 1.17 bits per heavy atom. The Balaban J connectivity index is 1.76. The lowest BCUT2D eigenvalue weighted by Crippen LogP contribution is -2.44. The number of fused-ring (bicyclic) bond motifs is 1. The predicted octanol–water partition coefficient (Wildman–Crippen LogP) is 3.01. The number of hydrogen-bond donors (Lipinski definition) is 0. The van der Waals surface area contributed by atoms with Gasteiger partial charge >= 0.3 is 0 Å². The third kappa shape index (κ3) is 3.23. The average Bonchev–Trinajstić information content (AvgIpc) is 3.46. The first-order valence-corrected chi connectivity index (χ1v) is 13.4. The van der Waals surface area contributed by atoms with Crippen molar-refractivity contribution in [3.63, 3.8) is 0 Å². The van der Waals surface area contributed by atoms with Gasteiger partial charge in [0.1, 0.15) is 5.69 Å². The quantitative estimate of drug-likeness (QED) is 0.303. The van der Waals surface area contributed by atoms with Crippen LogP contribution in [0.4, 0.5) is 5.82 Å². The summed E-state index contributed by atoms with van der Waals surface area (Å²) in [6, 6.07) is 6.38. The molecule has 0 amide bonds. The zero-order valence-electron chi connectivity index (χ0n) is 16.0. The molecular formula is C18H20IN8OP. The van der Waals surface area contributed by atoms with Crippen molar-refractivity contribution >= 4 is 39.9 Å². The van der Waals surface area contributed by atoms with Gasteiger partial charge in [0, 0.05) is 31.5 Å². The van der Waals surface area contributed by atoms with Crippen molar-refractivity contribution in [2.45, 2.75) is 13.0 Å². The summed E-state index contributed by atoms with van der Waals surface area (Å²) in [4.78, 5) is 7.02. The minimum Gasteiger partial charge on any atom is -0.377 e. The van der Waals surface area contributed by atoms with Crippen molar-refractivity contribution in [2.75, 3.05) is 24.7 Å². The number of aryl methyl sites for hydroxylation is 1. The van der Waals surface area contributed by atoms with Crippen LogP contribution in [0.3, 0.4) is 0 Å². The predicted molar refractivity (Wildman–Crippen MR) is 122 cm³/mol. The highest BCUT2D eigenvalue weighted by Crippen LogP contribution is 2.34. The SMILES string of the molecule is C[C@@H]1COCCN1c1cc(-c2ccnn2C)c2ncc(-c3ccnn3PI)n2n1. The maximum absolute atomic E-state index is 5.63. The van der Waals surface area contributed by atoms with E-state index in [0.717, 1.165) is 40.7 Å². The second-order valence-corrected chi connectivity index (χ2v) is 9.01. The standard InChI is InChI=1S/C18H20IN8OP/c1-12-11-28-8-7-25(12)17-9-13(14-3-5-21-24(14)2)18-20-10-16(26(18)23-17)15-4-6-22-27(15)29-19/h3-6,9-10,12,29H,7-8,11H2,1-2H3/t12-/m1/s1. The Hall–Kier alpha value is -2.04. The normalized spacial score (nSPS) is 17.8. The van der Waals surface area contributed by atoms with Gasteiger partial charge in [0.2, 0.25) is 0 Å². The first-order chi connectivity index (χ1) is 14.2. The summed E-state index contributed by atoms with van der Waals surface area (Å²) in [5.74, 6) is 0.909. The molecule has 0 aromatic carbocycles. The number of morpholine rings is 1. The largest absolute Gasteiger partial charge is 0.377 e. The van der Waals surface area contributed by atoms with Gasteiger partial charge in [0.15, 0.2) is 11.5 Å². The molecule has 1 aliphatic rings. The molecule has 0 N–H and O–H groups in total. The topological polar surface area (TPSA) is 78.3 Å². The maximum atomic E-state index is 5.63. The molecule has 0 saturated carbocycles. The van der Waals surface area contributed by atoms with E-state index >= 15 is 0 Å². The zero-order chi connectivity index (χ0) is 20.0. The van der Waals surface area contributed by atoms with Crippen LogP contribution in [0.25, 0.3) is 28.3 Å². The Labute approximate surface area is 182 Å². The lowest BCUT2D eigenvalue weighted by atomic mass is 10.2. The van der Waals surface area contributed by atoms with Crippen molar-refractivity contribution in [1.29, 1.82) is 0 Å². The molecule has 0 aliphatic carbocycles. The van der Waals surface area contributed by atoms with E-state index < -0.39 is 0 Å². The Kier molecular flexibility index (Phi) is 5.00.